The molecule has 196 valence electrons. The number of rotatable bonds is 0. The molecule has 16 nitrogen and oxygen atoms in total. The second-order valence-corrected chi connectivity index (χ2v) is 6.28. The molecule has 0 spiro atoms. The zero-order valence-electron chi connectivity index (χ0n) is 19.0. The van der Waals surface area contributed by atoms with Crippen LogP contribution in [0, 0.1) is 0 Å². The van der Waals surface area contributed by atoms with Crippen LogP contribution < -0.4 is 9.79 Å². The molecule has 0 saturated heterocycles. The minimum atomic E-state index is -5.14. The van der Waals surface area contributed by atoms with Gasteiger partial charge in [0.1, 0.15) is 38.0 Å². The van der Waals surface area contributed by atoms with Crippen molar-refractivity contribution in [3.63, 3.8) is 0 Å². The Morgan fingerprint density at radius 3 is 0.639 bits per heavy atom. The number of phosphoric acid groups is 1. The molecule has 0 aromatic heterocycles. The van der Waals surface area contributed by atoms with Gasteiger partial charge < -0.3 is 19.2 Å². The predicted molar refractivity (Wildman–Crippen MR) is 141 cm³/mol. The maximum absolute atomic E-state index is 8.66. The molecule has 18 heteroatoms. The molecule has 0 unspecified atom stereocenters. The van der Waals surface area contributed by atoms with Crippen LogP contribution in [0.2, 0.25) is 0 Å². The van der Waals surface area contributed by atoms with Gasteiger partial charge in [-0.25, -0.2) is 30.0 Å². The first-order valence-electron chi connectivity index (χ1n) is 9.74. The molecule has 36 heavy (non-hydrogen) atoms. The van der Waals surface area contributed by atoms with Crippen molar-refractivity contribution in [1.82, 2.24) is 0 Å². The van der Waals surface area contributed by atoms with Gasteiger partial charge in [-0.2, -0.15) is 0 Å². The summed E-state index contributed by atoms with van der Waals surface area (Å²) >= 11 is 0. The summed E-state index contributed by atoms with van der Waals surface area (Å²) < 4.78 is 8.66. The zero-order valence-corrected chi connectivity index (χ0v) is 20.9. The van der Waals surface area contributed by atoms with Crippen LogP contribution in [0.3, 0.4) is 0 Å². The van der Waals surface area contributed by atoms with E-state index in [-0.39, 0.29) is 16.5 Å². The molecular formula is C18H25N12NiO4P. The van der Waals surface area contributed by atoms with Crippen LogP contribution >= 0.6 is 7.82 Å². The molecule has 0 aliphatic carbocycles. The zero-order chi connectivity index (χ0) is 25.7. The van der Waals surface area contributed by atoms with Gasteiger partial charge in [0.15, 0.2) is 0 Å². The summed E-state index contributed by atoms with van der Waals surface area (Å²) in [6.07, 6.45) is 19.9. The Kier molecular flexibility index (Phi) is 27.0. The molecule has 0 aromatic carbocycles. The maximum Gasteiger partial charge on any atom is 2.00 e. The molecule has 0 amide bonds. The van der Waals surface area contributed by atoms with Crippen LogP contribution in [-0.4, -0.2) is 119 Å². The van der Waals surface area contributed by atoms with Crippen molar-refractivity contribution in [1.29, 1.82) is 0 Å². The van der Waals surface area contributed by atoms with Crippen molar-refractivity contribution in [3.05, 3.63) is 0 Å². The summed E-state index contributed by atoms with van der Waals surface area (Å²) in [6, 6.07) is 0. The molecule has 0 atom stereocenters. The SMILES string of the molecule is C1=NC=NC1.C1=NC=NC1.C1=NC=NC1.C1=NC=NC1.C1=NC=NC1.C1=NC=NC1.O=P([O-])([O-])O.[Ni+2]. The van der Waals surface area contributed by atoms with Gasteiger partial charge in [-0.05, 0) is 0 Å². The monoisotopic (exact) mass is 562 g/mol. The van der Waals surface area contributed by atoms with E-state index >= 15 is 0 Å². The molecular weight excluding hydrogens is 538 g/mol. The van der Waals surface area contributed by atoms with Crippen molar-refractivity contribution >= 4 is 83.1 Å². The Hall–Kier alpha value is -3.36. The standard InChI is InChI=1S/6C3H4N2.Ni.H3O4P/c6*1-2-5-3-4-1;;1-5(2,3)4/h6*1,3H,2H2;;(H3,1,2,3,4)/q;;;;;;+2;/p-2. The summed E-state index contributed by atoms with van der Waals surface area (Å²) in [5.74, 6) is 0. The van der Waals surface area contributed by atoms with Gasteiger partial charge in [-0.3, -0.25) is 30.0 Å². The Labute approximate surface area is 218 Å². The molecule has 1 N–H and O–H groups in total. The quantitative estimate of drug-likeness (QED) is 0.271. The molecule has 6 heterocycles. The van der Waals surface area contributed by atoms with Crippen LogP contribution in [0.25, 0.3) is 0 Å². The first kappa shape index (κ1) is 34.8. The Morgan fingerprint density at radius 1 is 0.472 bits per heavy atom. The average Bonchev–Trinajstić information content (AvgIpc) is 3.75. The van der Waals surface area contributed by atoms with Crippen molar-refractivity contribution < 1.29 is 35.7 Å². The Balaban J connectivity index is 0. The first-order chi connectivity index (χ1) is 17.0. The normalized spacial score (nSPS) is 16.3. The molecule has 6 rings (SSSR count). The van der Waals surface area contributed by atoms with E-state index in [4.69, 9.17) is 19.2 Å². The second-order valence-electron chi connectivity index (χ2n) is 5.34. The van der Waals surface area contributed by atoms with Crippen molar-refractivity contribution in [3.8, 4) is 0 Å². The van der Waals surface area contributed by atoms with Crippen molar-refractivity contribution in [2.45, 2.75) is 0 Å². The summed E-state index contributed by atoms with van der Waals surface area (Å²) in [4.78, 5) is 68.7. The van der Waals surface area contributed by atoms with E-state index in [2.05, 4.69) is 59.9 Å². The third kappa shape index (κ3) is 37.9. The predicted octanol–water partition coefficient (Wildman–Crippen LogP) is -1.60. The van der Waals surface area contributed by atoms with E-state index in [1.54, 1.807) is 75.3 Å². The molecule has 0 bridgehead atoms. The summed E-state index contributed by atoms with van der Waals surface area (Å²) in [7, 11) is -5.14. The van der Waals surface area contributed by atoms with Gasteiger partial charge in [0, 0.05) is 37.3 Å². The fraction of sp³-hybridized carbons (Fsp3) is 0.333. The average molecular weight is 563 g/mol. The molecule has 0 saturated carbocycles. The Bertz CT molecular complexity index is 711. The second kappa shape index (κ2) is 27.9. The van der Waals surface area contributed by atoms with Crippen LogP contribution in [0.15, 0.2) is 59.9 Å². The van der Waals surface area contributed by atoms with Gasteiger partial charge in [0.05, 0.1) is 47.1 Å². The smallest absolute Gasteiger partial charge is 0.790 e. The van der Waals surface area contributed by atoms with E-state index in [1.807, 2.05) is 0 Å². The van der Waals surface area contributed by atoms with E-state index in [9.17, 15) is 0 Å². The van der Waals surface area contributed by atoms with Gasteiger partial charge in [-0.15, -0.1) is 0 Å². The van der Waals surface area contributed by atoms with E-state index in [1.165, 1.54) is 0 Å². The summed E-state index contributed by atoms with van der Waals surface area (Å²) in [6.45, 7) is 4.67. The minimum Gasteiger partial charge on any atom is -0.790 e. The van der Waals surface area contributed by atoms with Gasteiger partial charge in [0.2, 0.25) is 0 Å². The van der Waals surface area contributed by atoms with Crippen LogP contribution in [0.5, 0.6) is 0 Å². The first-order valence-corrected chi connectivity index (χ1v) is 11.2. The summed E-state index contributed by atoms with van der Waals surface area (Å²) in [5.41, 5.74) is 0. The van der Waals surface area contributed by atoms with Crippen molar-refractivity contribution in [2.75, 3.05) is 39.3 Å². The van der Waals surface area contributed by atoms with Gasteiger partial charge >= 0.3 is 16.5 Å². The number of hydrogen-bond acceptors (Lipinski definition) is 15. The van der Waals surface area contributed by atoms with E-state index < -0.39 is 7.82 Å². The van der Waals surface area contributed by atoms with Crippen LogP contribution in [0.1, 0.15) is 0 Å². The summed E-state index contributed by atoms with van der Waals surface area (Å²) in [5, 5.41) is 0. The van der Waals surface area contributed by atoms with E-state index in [0.29, 0.717) is 0 Å². The molecule has 6 aliphatic rings. The molecule has 6 aliphatic heterocycles. The third-order valence-electron chi connectivity index (χ3n) is 2.64. The fourth-order valence-corrected chi connectivity index (χ4v) is 1.41. The maximum atomic E-state index is 8.66. The topological polar surface area (TPSA) is 232 Å². The number of hydrogen-bond donors (Lipinski definition) is 1. The molecule has 0 radical (unpaired) electrons. The molecule has 0 aromatic rings. The number of aliphatic imine (C=N–C) groups is 12. The van der Waals surface area contributed by atoms with Crippen LogP contribution in [-0.2, 0) is 21.1 Å². The minimum absolute atomic E-state index is 0. The fourth-order valence-electron chi connectivity index (χ4n) is 1.41. The number of nitrogens with zero attached hydrogens (tertiary/aromatic N) is 12. The van der Waals surface area contributed by atoms with Crippen molar-refractivity contribution in [2.24, 2.45) is 59.9 Å². The third-order valence-corrected chi connectivity index (χ3v) is 2.64. The largest absolute Gasteiger partial charge is 2.00 e. The molecule has 0 fully saturated rings. The van der Waals surface area contributed by atoms with Gasteiger partial charge in [0.25, 0.3) is 0 Å². The Morgan fingerprint density at radius 2 is 0.611 bits per heavy atom. The van der Waals surface area contributed by atoms with E-state index in [0.717, 1.165) is 39.3 Å². The van der Waals surface area contributed by atoms with Gasteiger partial charge in [-0.1, -0.05) is 0 Å². The van der Waals surface area contributed by atoms with Crippen LogP contribution in [0.4, 0.5) is 0 Å².